The van der Waals surface area contributed by atoms with E-state index in [0.29, 0.717) is 0 Å². The maximum absolute atomic E-state index is 4.19. The summed E-state index contributed by atoms with van der Waals surface area (Å²) in [5.41, 5.74) is 4.89. The van der Waals surface area contributed by atoms with Crippen molar-refractivity contribution in [2.75, 3.05) is 0 Å². The molecule has 0 aromatic heterocycles. The molecule has 2 heteroatoms. The maximum atomic E-state index is 4.19. The second-order valence-electron chi connectivity index (χ2n) is 7.18. The summed E-state index contributed by atoms with van der Waals surface area (Å²) in [5, 5.41) is 6.90. The zero-order valence-electron chi connectivity index (χ0n) is 14.4. The van der Waals surface area contributed by atoms with Gasteiger partial charge < -0.3 is 10.6 Å². The molecule has 0 saturated carbocycles. The molecule has 2 unspecified atom stereocenters. The van der Waals surface area contributed by atoms with Crippen molar-refractivity contribution in [2.24, 2.45) is 0 Å². The molecule has 0 spiro atoms. The Balaban J connectivity index is 1.99. The standard InChI is InChI=1S/C20H28N2/c1-14-7-12-19(21-13-14)16(3)22-15(2)17-8-10-18(11-9-17)20(4,5)6/h7-13,16,19,21-22H,2H2,1,3-6H3. The van der Waals surface area contributed by atoms with Crippen LogP contribution in [0.2, 0.25) is 0 Å². The van der Waals surface area contributed by atoms with E-state index in [0.717, 1.165) is 11.3 Å². The van der Waals surface area contributed by atoms with Crippen molar-refractivity contribution in [3.05, 3.63) is 65.9 Å². The fraction of sp³-hybridized carbons (Fsp3) is 0.400. The van der Waals surface area contributed by atoms with E-state index in [-0.39, 0.29) is 17.5 Å². The first kappa shape index (κ1) is 16.4. The van der Waals surface area contributed by atoms with Crippen molar-refractivity contribution in [1.29, 1.82) is 0 Å². The molecule has 1 heterocycles. The van der Waals surface area contributed by atoms with Crippen LogP contribution in [0.25, 0.3) is 5.70 Å². The van der Waals surface area contributed by atoms with Crippen LogP contribution < -0.4 is 10.6 Å². The third-order valence-corrected chi connectivity index (χ3v) is 4.11. The molecule has 1 aromatic carbocycles. The van der Waals surface area contributed by atoms with Gasteiger partial charge in [0.15, 0.2) is 0 Å². The Hall–Kier alpha value is -1.96. The molecule has 0 amide bonds. The van der Waals surface area contributed by atoms with Gasteiger partial charge in [-0.05, 0) is 42.2 Å². The molecule has 0 fully saturated rings. The molecule has 0 radical (unpaired) electrons. The number of nitrogens with one attached hydrogen (secondary N) is 2. The monoisotopic (exact) mass is 296 g/mol. The number of dihydropyridines is 1. The number of hydrogen-bond acceptors (Lipinski definition) is 2. The van der Waals surface area contributed by atoms with E-state index in [1.807, 2.05) is 0 Å². The Morgan fingerprint density at radius 2 is 1.86 bits per heavy atom. The zero-order valence-corrected chi connectivity index (χ0v) is 14.4. The summed E-state index contributed by atoms with van der Waals surface area (Å²) in [4.78, 5) is 0. The predicted octanol–water partition coefficient (Wildman–Crippen LogP) is 4.36. The van der Waals surface area contributed by atoms with Gasteiger partial charge in [-0.15, -0.1) is 0 Å². The number of allylic oxidation sites excluding steroid dienone is 2. The molecule has 2 atom stereocenters. The fourth-order valence-corrected chi connectivity index (χ4v) is 2.52. The highest BCUT2D eigenvalue weighted by Gasteiger charge is 2.16. The van der Waals surface area contributed by atoms with Gasteiger partial charge in [0.1, 0.15) is 0 Å². The van der Waals surface area contributed by atoms with Gasteiger partial charge in [-0.2, -0.15) is 0 Å². The minimum absolute atomic E-state index is 0.182. The average molecular weight is 296 g/mol. The minimum Gasteiger partial charge on any atom is -0.382 e. The Bertz CT molecular complexity index is 585. The van der Waals surface area contributed by atoms with Crippen LogP contribution >= 0.6 is 0 Å². The van der Waals surface area contributed by atoms with Gasteiger partial charge in [0, 0.05) is 11.7 Å². The lowest BCUT2D eigenvalue weighted by molar-refractivity contribution is 0.527. The SMILES string of the molecule is C=C(NC(C)C1C=CC(C)=CN1)c1ccc(C(C)(C)C)cc1. The van der Waals surface area contributed by atoms with Crippen LogP contribution in [0.3, 0.4) is 0 Å². The van der Waals surface area contributed by atoms with Gasteiger partial charge in [0.25, 0.3) is 0 Å². The lowest BCUT2D eigenvalue weighted by Gasteiger charge is -2.27. The Morgan fingerprint density at radius 3 is 2.36 bits per heavy atom. The highest BCUT2D eigenvalue weighted by molar-refractivity contribution is 5.62. The molecule has 2 rings (SSSR count). The number of benzene rings is 1. The van der Waals surface area contributed by atoms with Crippen LogP contribution in [0.5, 0.6) is 0 Å². The van der Waals surface area contributed by atoms with Gasteiger partial charge in [0.05, 0.1) is 6.04 Å². The van der Waals surface area contributed by atoms with E-state index in [4.69, 9.17) is 0 Å². The molecular formula is C20H28N2. The summed E-state index contributed by atoms with van der Waals surface area (Å²) in [5.74, 6) is 0. The molecule has 22 heavy (non-hydrogen) atoms. The minimum atomic E-state index is 0.182. The van der Waals surface area contributed by atoms with Crippen LogP contribution in [-0.4, -0.2) is 12.1 Å². The van der Waals surface area contributed by atoms with Crippen LogP contribution in [0.15, 0.2) is 54.8 Å². The summed E-state index contributed by atoms with van der Waals surface area (Å²) in [6, 6.07) is 9.24. The summed E-state index contributed by atoms with van der Waals surface area (Å²) in [7, 11) is 0. The summed E-state index contributed by atoms with van der Waals surface area (Å²) in [6.45, 7) is 15.1. The van der Waals surface area contributed by atoms with Gasteiger partial charge in [-0.3, -0.25) is 0 Å². The first-order valence-electron chi connectivity index (χ1n) is 7.95. The molecule has 1 aliphatic rings. The highest BCUT2D eigenvalue weighted by Crippen LogP contribution is 2.23. The van der Waals surface area contributed by atoms with Crippen molar-refractivity contribution in [3.8, 4) is 0 Å². The topological polar surface area (TPSA) is 24.1 Å². The molecule has 0 aliphatic carbocycles. The summed E-state index contributed by atoms with van der Waals surface area (Å²) >= 11 is 0. The second-order valence-corrected chi connectivity index (χ2v) is 7.18. The quantitative estimate of drug-likeness (QED) is 0.862. The molecule has 0 saturated heterocycles. The summed E-state index contributed by atoms with van der Waals surface area (Å²) in [6.07, 6.45) is 6.41. The van der Waals surface area contributed by atoms with E-state index < -0.39 is 0 Å². The predicted molar refractivity (Wildman–Crippen MR) is 96.6 cm³/mol. The van der Waals surface area contributed by atoms with Crippen molar-refractivity contribution >= 4 is 5.70 Å². The average Bonchev–Trinajstić information content (AvgIpc) is 2.47. The van der Waals surface area contributed by atoms with Crippen molar-refractivity contribution in [2.45, 2.75) is 52.1 Å². The van der Waals surface area contributed by atoms with E-state index in [1.165, 1.54) is 11.1 Å². The third-order valence-electron chi connectivity index (χ3n) is 4.11. The van der Waals surface area contributed by atoms with Crippen LogP contribution in [0.1, 0.15) is 45.7 Å². The van der Waals surface area contributed by atoms with Gasteiger partial charge in [-0.25, -0.2) is 0 Å². The highest BCUT2D eigenvalue weighted by atomic mass is 15.0. The lowest BCUT2D eigenvalue weighted by Crippen LogP contribution is -2.43. The molecule has 1 aliphatic heterocycles. The Kier molecular flexibility index (Phi) is 4.80. The maximum Gasteiger partial charge on any atom is 0.0641 e. The van der Waals surface area contributed by atoms with Crippen molar-refractivity contribution < 1.29 is 0 Å². The van der Waals surface area contributed by atoms with Gasteiger partial charge in [-0.1, -0.05) is 63.8 Å². The molecular weight excluding hydrogens is 268 g/mol. The van der Waals surface area contributed by atoms with Crippen LogP contribution in [-0.2, 0) is 5.41 Å². The Morgan fingerprint density at radius 1 is 1.23 bits per heavy atom. The molecule has 0 bridgehead atoms. The van der Waals surface area contributed by atoms with E-state index in [2.05, 4.69) is 94.4 Å². The van der Waals surface area contributed by atoms with Crippen LogP contribution in [0.4, 0.5) is 0 Å². The van der Waals surface area contributed by atoms with Crippen molar-refractivity contribution in [3.63, 3.8) is 0 Å². The smallest absolute Gasteiger partial charge is 0.0641 e. The van der Waals surface area contributed by atoms with Crippen LogP contribution in [0, 0.1) is 0 Å². The summed E-state index contributed by atoms with van der Waals surface area (Å²) < 4.78 is 0. The molecule has 2 N–H and O–H groups in total. The first-order valence-corrected chi connectivity index (χ1v) is 7.95. The molecule has 2 nitrogen and oxygen atoms in total. The Labute approximate surface area is 135 Å². The van der Waals surface area contributed by atoms with Gasteiger partial charge >= 0.3 is 0 Å². The second kappa shape index (κ2) is 6.43. The largest absolute Gasteiger partial charge is 0.382 e. The van der Waals surface area contributed by atoms with E-state index in [1.54, 1.807) is 0 Å². The molecule has 118 valence electrons. The van der Waals surface area contributed by atoms with Crippen molar-refractivity contribution in [1.82, 2.24) is 10.6 Å². The third kappa shape index (κ3) is 4.03. The molecule has 1 aromatic rings. The number of rotatable bonds is 4. The van der Waals surface area contributed by atoms with Gasteiger partial charge in [0.2, 0.25) is 0 Å². The fourth-order valence-electron chi connectivity index (χ4n) is 2.52. The first-order chi connectivity index (χ1) is 10.3. The van der Waals surface area contributed by atoms with E-state index >= 15 is 0 Å². The lowest BCUT2D eigenvalue weighted by atomic mass is 9.86. The van der Waals surface area contributed by atoms with E-state index in [9.17, 15) is 0 Å². The normalized spacial score (nSPS) is 19.1. The zero-order chi connectivity index (χ0) is 16.3. The number of hydrogen-bond donors (Lipinski definition) is 2.